The molecule has 134 valence electrons. The van der Waals surface area contributed by atoms with Crippen molar-refractivity contribution in [2.45, 2.75) is 12.8 Å². The van der Waals surface area contributed by atoms with E-state index in [1.807, 2.05) is 0 Å². The second-order valence-electron chi connectivity index (χ2n) is 5.80. The highest BCUT2D eigenvalue weighted by Gasteiger charge is 2.22. The van der Waals surface area contributed by atoms with Crippen molar-refractivity contribution in [1.82, 2.24) is 0 Å². The summed E-state index contributed by atoms with van der Waals surface area (Å²) in [6, 6.07) is 10.7. The molecule has 0 unspecified atom stereocenters. The maximum atomic E-state index is 12.6. The Bertz CT molecular complexity index is 881. The first-order valence-corrected chi connectivity index (χ1v) is 8.04. The van der Waals surface area contributed by atoms with Crippen molar-refractivity contribution in [2.24, 2.45) is 0 Å². The monoisotopic (exact) mass is 355 g/mol. The molecule has 1 aliphatic rings. The number of hydrogen-bond acceptors (Lipinski definition) is 5. The summed E-state index contributed by atoms with van der Waals surface area (Å²) in [6.07, 6.45) is 1.29. The maximum absolute atomic E-state index is 12.6. The third-order valence-corrected chi connectivity index (χ3v) is 4.14. The number of ether oxygens (including phenoxy) is 1. The van der Waals surface area contributed by atoms with E-state index in [9.17, 15) is 19.7 Å². The normalized spacial score (nSPS) is 13.6. The van der Waals surface area contributed by atoms with Gasteiger partial charge in [0.25, 0.3) is 11.6 Å². The average molecular weight is 355 g/mol. The number of rotatable bonds is 5. The fourth-order valence-corrected chi connectivity index (χ4v) is 2.84. The lowest BCUT2D eigenvalue weighted by atomic mass is 10.1. The Morgan fingerprint density at radius 3 is 2.73 bits per heavy atom. The summed E-state index contributed by atoms with van der Waals surface area (Å²) in [6.45, 7) is 0.628. The molecule has 1 saturated heterocycles. The molecule has 0 aliphatic carbocycles. The Balaban J connectivity index is 1.85. The number of nitrogens with zero attached hydrogens (tertiary/aromatic N) is 2. The maximum Gasteiger partial charge on any atom is 0.271 e. The highest BCUT2D eigenvalue weighted by molar-refractivity contribution is 6.06. The van der Waals surface area contributed by atoms with Gasteiger partial charge in [-0.05, 0) is 30.7 Å². The summed E-state index contributed by atoms with van der Waals surface area (Å²) in [4.78, 5) is 36.5. The van der Waals surface area contributed by atoms with Crippen molar-refractivity contribution in [2.75, 3.05) is 23.9 Å². The van der Waals surface area contributed by atoms with Crippen LogP contribution in [0.4, 0.5) is 17.1 Å². The molecule has 1 aliphatic heterocycles. The van der Waals surface area contributed by atoms with Gasteiger partial charge >= 0.3 is 0 Å². The van der Waals surface area contributed by atoms with Gasteiger partial charge in [-0.1, -0.05) is 6.07 Å². The van der Waals surface area contributed by atoms with Crippen molar-refractivity contribution in [3.05, 3.63) is 58.1 Å². The summed E-state index contributed by atoms with van der Waals surface area (Å²) in [5.74, 6) is -0.102. The van der Waals surface area contributed by atoms with Crippen LogP contribution in [0.25, 0.3) is 0 Å². The van der Waals surface area contributed by atoms with Crippen molar-refractivity contribution < 1.29 is 19.2 Å². The lowest BCUT2D eigenvalue weighted by Gasteiger charge is -2.16. The molecule has 0 aromatic heterocycles. The number of benzene rings is 2. The summed E-state index contributed by atoms with van der Waals surface area (Å²) in [5.41, 5.74) is 1.05. The largest absolute Gasteiger partial charge is 0.495 e. The number of carbonyl (C=O) groups excluding carboxylic acids is 2. The first-order valence-electron chi connectivity index (χ1n) is 8.04. The van der Waals surface area contributed by atoms with Gasteiger partial charge in [0.1, 0.15) is 5.75 Å². The van der Waals surface area contributed by atoms with Crippen LogP contribution >= 0.6 is 0 Å². The number of amides is 2. The minimum absolute atomic E-state index is 0.0305. The quantitative estimate of drug-likeness (QED) is 0.656. The van der Waals surface area contributed by atoms with Crippen LogP contribution in [-0.4, -0.2) is 30.4 Å². The first-order chi connectivity index (χ1) is 12.5. The lowest BCUT2D eigenvalue weighted by Crippen LogP contribution is -2.24. The Kier molecular flexibility index (Phi) is 4.83. The van der Waals surface area contributed by atoms with Crippen LogP contribution in [0.5, 0.6) is 5.75 Å². The second kappa shape index (κ2) is 7.22. The number of non-ortho nitro benzene ring substituents is 1. The van der Waals surface area contributed by atoms with Crippen LogP contribution in [0.15, 0.2) is 42.5 Å². The van der Waals surface area contributed by atoms with Crippen molar-refractivity contribution >= 4 is 28.9 Å². The summed E-state index contributed by atoms with van der Waals surface area (Å²) in [7, 11) is 1.41. The van der Waals surface area contributed by atoms with Gasteiger partial charge in [0.05, 0.1) is 17.7 Å². The third-order valence-electron chi connectivity index (χ3n) is 4.14. The van der Waals surface area contributed by atoms with Crippen molar-refractivity contribution in [3.63, 3.8) is 0 Å². The molecule has 0 spiro atoms. The van der Waals surface area contributed by atoms with E-state index in [0.717, 1.165) is 6.42 Å². The second-order valence-corrected chi connectivity index (χ2v) is 5.80. The minimum atomic E-state index is -0.547. The van der Waals surface area contributed by atoms with Gasteiger partial charge < -0.3 is 15.0 Å². The standard InChI is InChI=1S/C18H17N3O5/c1-26-16-8-7-14(21(24)25)11-15(16)19-18(23)12-4-2-5-13(10-12)20-9-3-6-17(20)22/h2,4-5,7-8,10-11H,3,6,9H2,1H3,(H,19,23). The molecular weight excluding hydrogens is 338 g/mol. The van der Waals surface area contributed by atoms with Crippen LogP contribution in [0.2, 0.25) is 0 Å². The summed E-state index contributed by atoms with van der Waals surface area (Å²) < 4.78 is 5.15. The molecule has 26 heavy (non-hydrogen) atoms. The van der Waals surface area contributed by atoms with Gasteiger partial charge in [0.2, 0.25) is 5.91 Å². The Morgan fingerprint density at radius 1 is 1.27 bits per heavy atom. The fourth-order valence-electron chi connectivity index (χ4n) is 2.84. The molecule has 1 N–H and O–H groups in total. The Morgan fingerprint density at radius 2 is 2.08 bits per heavy atom. The number of nitro benzene ring substituents is 1. The van der Waals surface area contributed by atoms with Crippen LogP contribution < -0.4 is 15.0 Å². The van der Waals surface area contributed by atoms with E-state index in [2.05, 4.69) is 5.32 Å². The van der Waals surface area contributed by atoms with E-state index >= 15 is 0 Å². The van der Waals surface area contributed by atoms with Crippen LogP contribution in [0.1, 0.15) is 23.2 Å². The summed E-state index contributed by atoms with van der Waals surface area (Å²) >= 11 is 0. The molecule has 1 heterocycles. The molecular formula is C18H17N3O5. The van der Waals surface area contributed by atoms with E-state index in [1.54, 1.807) is 29.2 Å². The van der Waals surface area contributed by atoms with E-state index in [-0.39, 0.29) is 17.3 Å². The number of carbonyl (C=O) groups is 2. The topological polar surface area (TPSA) is 102 Å². The van der Waals surface area contributed by atoms with Gasteiger partial charge in [0, 0.05) is 36.3 Å². The van der Waals surface area contributed by atoms with E-state index in [1.165, 1.54) is 25.3 Å². The zero-order valence-corrected chi connectivity index (χ0v) is 14.1. The predicted octanol–water partition coefficient (Wildman–Crippen LogP) is 2.98. The number of methoxy groups -OCH3 is 1. The number of nitro groups is 1. The van der Waals surface area contributed by atoms with Crippen molar-refractivity contribution in [1.29, 1.82) is 0 Å². The molecule has 2 aromatic rings. The molecule has 0 atom stereocenters. The molecule has 0 saturated carbocycles. The average Bonchev–Trinajstić information content (AvgIpc) is 3.07. The molecule has 2 amide bonds. The molecule has 1 fully saturated rings. The van der Waals surface area contributed by atoms with Gasteiger partial charge in [0.15, 0.2) is 0 Å². The number of hydrogen-bond donors (Lipinski definition) is 1. The molecule has 3 rings (SSSR count). The van der Waals surface area contributed by atoms with Gasteiger partial charge in [-0.15, -0.1) is 0 Å². The van der Waals surface area contributed by atoms with Crippen LogP contribution in [-0.2, 0) is 4.79 Å². The molecule has 0 bridgehead atoms. The lowest BCUT2D eigenvalue weighted by molar-refractivity contribution is -0.384. The predicted molar refractivity (Wildman–Crippen MR) is 95.6 cm³/mol. The molecule has 2 aromatic carbocycles. The van der Waals surface area contributed by atoms with E-state index in [0.29, 0.717) is 30.0 Å². The Hall–Kier alpha value is -3.42. The SMILES string of the molecule is COc1ccc([N+](=O)[O-])cc1NC(=O)c1cccc(N2CCCC2=O)c1. The van der Waals surface area contributed by atoms with E-state index in [4.69, 9.17) is 4.74 Å². The molecule has 8 nitrogen and oxygen atoms in total. The van der Waals surface area contributed by atoms with Crippen LogP contribution in [0, 0.1) is 10.1 Å². The van der Waals surface area contributed by atoms with Gasteiger partial charge in [-0.2, -0.15) is 0 Å². The highest BCUT2D eigenvalue weighted by Crippen LogP contribution is 2.30. The molecule has 8 heteroatoms. The summed E-state index contributed by atoms with van der Waals surface area (Å²) in [5, 5.41) is 13.6. The fraction of sp³-hybridized carbons (Fsp3) is 0.222. The van der Waals surface area contributed by atoms with Crippen molar-refractivity contribution in [3.8, 4) is 5.75 Å². The first kappa shape index (κ1) is 17.4. The number of anilines is 2. The highest BCUT2D eigenvalue weighted by atomic mass is 16.6. The van der Waals surface area contributed by atoms with E-state index < -0.39 is 10.8 Å². The zero-order valence-electron chi connectivity index (χ0n) is 14.1. The smallest absolute Gasteiger partial charge is 0.271 e. The zero-order chi connectivity index (χ0) is 18.7. The van der Waals surface area contributed by atoms with Gasteiger partial charge in [-0.25, -0.2) is 0 Å². The Labute approximate surface area is 149 Å². The third kappa shape index (κ3) is 3.49. The minimum Gasteiger partial charge on any atom is -0.495 e. The number of nitrogens with one attached hydrogen (secondary N) is 1. The molecule has 0 radical (unpaired) electrons. The van der Waals surface area contributed by atoms with Crippen LogP contribution in [0.3, 0.4) is 0 Å². The van der Waals surface area contributed by atoms with Gasteiger partial charge in [-0.3, -0.25) is 19.7 Å².